The third-order valence-corrected chi connectivity index (χ3v) is 5.06. The Morgan fingerprint density at radius 2 is 1.76 bits per heavy atom. The van der Waals surface area contributed by atoms with Crippen molar-refractivity contribution in [3.63, 3.8) is 0 Å². The van der Waals surface area contributed by atoms with Crippen LogP contribution >= 0.6 is 11.6 Å². The molecule has 0 saturated carbocycles. The van der Waals surface area contributed by atoms with Gasteiger partial charge in [-0.1, -0.05) is 29.8 Å². The minimum Gasteiger partial charge on any atom is -0.493 e. The summed E-state index contributed by atoms with van der Waals surface area (Å²) in [5.41, 5.74) is 2.27. The van der Waals surface area contributed by atoms with Crippen molar-refractivity contribution in [2.24, 2.45) is 0 Å². The van der Waals surface area contributed by atoms with Gasteiger partial charge in [-0.25, -0.2) is 0 Å². The van der Waals surface area contributed by atoms with Gasteiger partial charge < -0.3 is 24.6 Å². The molecule has 6 nitrogen and oxygen atoms in total. The van der Waals surface area contributed by atoms with Crippen molar-refractivity contribution in [2.45, 2.75) is 19.2 Å². The maximum absolute atomic E-state index is 10.3. The molecule has 1 atom stereocenters. The van der Waals surface area contributed by atoms with Crippen molar-refractivity contribution in [3.05, 3.63) is 58.6 Å². The Kier molecular flexibility index (Phi) is 8.58. The fourth-order valence-electron chi connectivity index (χ4n) is 3.22. The molecule has 2 aromatic carbocycles. The maximum atomic E-state index is 10.3. The van der Waals surface area contributed by atoms with E-state index < -0.39 is 6.10 Å². The van der Waals surface area contributed by atoms with Gasteiger partial charge in [0.2, 0.25) is 0 Å². The van der Waals surface area contributed by atoms with E-state index >= 15 is 0 Å². The van der Waals surface area contributed by atoms with Gasteiger partial charge in [-0.05, 0) is 35.4 Å². The molecule has 1 aliphatic heterocycles. The lowest BCUT2D eigenvalue weighted by atomic mass is 10.2. The average molecular weight is 421 g/mol. The predicted octanol–water partition coefficient (Wildman–Crippen LogP) is 2.71. The summed E-state index contributed by atoms with van der Waals surface area (Å²) in [6.07, 6.45) is -0.557. The van der Waals surface area contributed by atoms with Crippen molar-refractivity contribution in [2.75, 3.05) is 46.6 Å². The van der Waals surface area contributed by atoms with E-state index in [9.17, 15) is 5.11 Å². The van der Waals surface area contributed by atoms with E-state index in [0.717, 1.165) is 43.4 Å². The number of aliphatic hydroxyl groups is 1. The van der Waals surface area contributed by atoms with Crippen LogP contribution in [0.25, 0.3) is 0 Å². The number of aliphatic hydroxyl groups excluding tert-OH is 1. The highest BCUT2D eigenvalue weighted by Crippen LogP contribution is 2.28. The van der Waals surface area contributed by atoms with Crippen LogP contribution in [-0.2, 0) is 17.8 Å². The van der Waals surface area contributed by atoms with E-state index in [1.807, 2.05) is 42.5 Å². The summed E-state index contributed by atoms with van der Waals surface area (Å²) in [7, 11) is 1.62. The van der Waals surface area contributed by atoms with Gasteiger partial charge in [0.15, 0.2) is 11.5 Å². The Morgan fingerprint density at radius 1 is 1.07 bits per heavy atom. The first kappa shape index (κ1) is 21.9. The molecule has 0 spiro atoms. The van der Waals surface area contributed by atoms with Crippen LogP contribution in [-0.4, -0.2) is 62.7 Å². The highest BCUT2D eigenvalue weighted by molar-refractivity contribution is 6.30. The summed E-state index contributed by atoms with van der Waals surface area (Å²) in [4.78, 5) is 2.18. The van der Waals surface area contributed by atoms with E-state index in [2.05, 4.69) is 10.2 Å². The van der Waals surface area contributed by atoms with Gasteiger partial charge in [0.05, 0.1) is 20.3 Å². The number of nitrogens with zero attached hydrogens (tertiary/aromatic N) is 1. The van der Waals surface area contributed by atoms with Crippen LogP contribution in [0.3, 0.4) is 0 Å². The molecule has 0 bridgehead atoms. The first-order chi connectivity index (χ1) is 14.1. The molecule has 0 unspecified atom stereocenters. The molecule has 2 aromatic rings. The van der Waals surface area contributed by atoms with Crippen LogP contribution in [0.1, 0.15) is 11.1 Å². The monoisotopic (exact) mass is 420 g/mol. The van der Waals surface area contributed by atoms with Gasteiger partial charge in [0, 0.05) is 37.7 Å². The third kappa shape index (κ3) is 7.17. The number of rotatable bonds is 10. The van der Waals surface area contributed by atoms with Crippen LogP contribution < -0.4 is 14.8 Å². The largest absolute Gasteiger partial charge is 0.493 e. The second-order valence-electron chi connectivity index (χ2n) is 7.09. The number of β-amino-alcohol motifs (C(OH)–C–C–N with tert-alkyl or cyclic N) is 1. The fourth-order valence-corrected chi connectivity index (χ4v) is 3.34. The van der Waals surface area contributed by atoms with Crippen molar-refractivity contribution >= 4 is 11.6 Å². The minimum absolute atomic E-state index is 0.224. The summed E-state index contributed by atoms with van der Waals surface area (Å²) in [6, 6.07) is 13.6. The molecule has 1 heterocycles. The SMILES string of the molecule is COc1cc(CNCc2ccc(Cl)cc2)ccc1OC[C@H](O)CN1CCOCC1. The highest BCUT2D eigenvalue weighted by Gasteiger charge is 2.16. The zero-order chi connectivity index (χ0) is 20.5. The van der Waals surface area contributed by atoms with Gasteiger partial charge in [-0.2, -0.15) is 0 Å². The molecule has 0 radical (unpaired) electrons. The molecular formula is C22H29ClN2O4. The number of halogens is 1. The quantitative estimate of drug-likeness (QED) is 0.616. The maximum Gasteiger partial charge on any atom is 0.161 e. The van der Waals surface area contributed by atoms with E-state index in [1.165, 1.54) is 5.56 Å². The van der Waals surface area contributed by atoms with Crippen molar-refractivity contribution in [1.29, 1.82) is 0 Å². The lowest BCUT2D eigenvalue weighted by Crippen LogP contribution is -2.42. The van der Waals surface area contributed by atoms with E-state index in [-0.39, 0.29) is 6.61 Å². The van der Waals surface area contributed by atoms with Gasteiger partial charge >= 0.3 is 0 Å². The summed E-state index contributed by atoms with van der Waals surface area (Å²) in [6.45, 7) is 5.39. The van der Waals surface area contributed by atoms with Gasteiger partial charge in [0.25, 0.3) is 0 Å². The van der Waals surface area contributed by atoms with Gasteiger partial charge in [-0.3, -0.25) is 4.90 Å². The lowest BCUT2D eigenvalue weighted by molar-refractivity contribution is 0.00445. The average Bonchev–Trinajstić information content (AvgIpc) is 2.75. The molecule has 1 fully saturated rings. The Labute approximate surface area is 177 Å². The Morgan fingerprint density at radius 3 is 2.48 bits per heavy atom. The Balaban J connectivity index is 1.46. The number of hydrogen-bond acceptors (Lipinski definition) is 6. The van der Waals surface area contributed by atoms with E-state index in [0.29, 0.717) is 24.6 Å². The number of methoxy groups -OCH3 is 1. The lowest BCUT2D eigenvalue weighted by Gasteiger charge is -2.28. The number of ether oxygens (including phenoxy) is 3. The predicted molar refractivity (Wildman–Crippen MR) is 114 cm³/mol. The van der Waals surface area contributed by atoms with Crippen molar-refractivity contribution < 1.29 is 19.3 Å². The normalized spacial score (nSPS) is 15.8. The highest BCUT2D eigenvalue weighted by atomic mass is 35.5. The topological polar surface area (TPSA) is 63.2 Å². The second kappa shape index (κ2) is 11.4. The molecule has 1 aliphatic rings. The molecule has 158 valence electrons. The summed E-state index contributed by atoms with van der Waals surface area (Å²) < 4.78 is 16.6. The Bertz CT molecular complexity index is 751. The van der Waals surface area contributed by atoms with Crippen molar-refractivity contribution in [3.8, 4) is 11.5 Å². The van der Waals surface area contributed by atoms with Crippen LogP contribution in [0.15, 0.2) is 42.5 Å². The van der Waals surface area contributed by atoms with Crippen LogP contribution in [0.4, 0.5) is 0 Å². The fraction of sp³-hybridized carbons (Fsp3) is 0.455. The van der Waals surface area contributed by atoms with Crippen molar-refractivity contribution in [1.82, 2.24) is 10.2 Å². The first-order valence-electron chi connectivity index (χ1n) is 9.87. The molecule has 29 heavy (non-hydrogen) atoms. The molecular weight excluding hydrogens is 392 g/mol. The summed E-state index contributed by atoms with van der Waals surface area (Å²) in [5.74, 6) is 1.30. The van der Waals surface area contributed by atoms with Crippen LogP contribution in [0, 0.1) is 0 Å². The molecule has 0 aromatic heterocycles. The number of nitrogens with one attached hydrogen (secondary N) is 1. The number of hydrogen-bond donors (Lipinski definition) is 2. The second-order valence-corrected chi connectivity index (χ2v) is 7.53. The Hall–Kier alpha value is -1.83. The molecule has 0 amide bonds. The van der Waals surface area contributed by atoms with E-state index in [1.54, 1.807) is 7.11 Å². The zero-order valence-electron chi connectivity index (χ0n) is 16.8. The van der Waals surface area contributed by atoms with Gasteiger partial charge in [-0.15, -0.1) is 0 Å². The molecule has 3 rings (SSSR count). The third-order valence-electron chi connectivity index (χ3n) is 4.80. The number of morpholine rings is 1. The smallest absolute Gasteiger partial charge is 0.161 e. The van der Waals surface area contributed by atoms with E-state index in [4.69, 9.17) is 25.8 Å². The molecule has 7 heteroatoms. The molecule has 0 aliphatic carbocycles. The summed E-state index contributed by atoms with van der Waals surface area (Å²) >= 11 is 5.91. The standard InChI is InChI=1S/C22H29ClN2O4/c1-27-22-12-18(14-24-13-17-2-5-19(23)6-3-17)4-7-21(22)29-16-20(26)15-25-8-10-28-11-9-25/h2-7,12,20,24,26H,8-11,13-16H2,1H3/t20-/m1/s1. The first-order valence-corrected chi connectivity index (χ1v) is 10.2. The molecule has 1 saturated heterocycles. The van der Waals surface area contributed by atoms with Crippen LogP contribution in [0.5, 0.6) is 11.5 Å². The number of benzene rings is 2. The zero-order valence-corrected chi connectivity index (χ0v) is 17.5. The summed E-state index contributed by atoms with van der Waals surface area (Å²) in [5, 5.41) is 14.4. The minimum atomic E-state index is -0.557. The van der Waals surface area contributed by atoms with Gasteiger partial charge in [0.1, 0.15) is 12.7 Å². The molecule has 2 N–H and O–H groups in total. The van der Waals surface area contributed by atoms with Crippen LogP contribution in [0.2, 0.25) is 5.02 Å².